The van der Waals surface area contributed by atoms with E-state index in [1.54, 1.807) is 12.1 Å². The van der Waals surface area contributed by atoms with E-state index in [0.717, 1.165) is 6.42 Å². The van der Waals surface area contributed by atoms with Crippen LogP contribution in [0.3, 0.4) is 0 Å². The maximum atomic E-state index is 12.4. The minimum atomic E-state index is -1.12. The highest BCUT2D eigenvalue weighted by Crippen LogP contribution is 2.29. The second kappa shape index (κ2) is 7.13. The van der Waals surface area contributed by atoms with Crippen LogP contribution in [-0.2, 0) is 19.7 Å². The van der Waals surface area contributed by atoms with Gasteiger partial charge in [0.2, 0.25) is 5.91 Å². The Morgan fingerprint density at radius 1 is 1.30 bits per heavy atom. The second-order valence-corrected chi connectivity index (χ2v) is 6.40. The van der Waals surface area contributed by atoms with Crippen molar-refractivity contribution in [3.8, 4) is 0 Å². The number of amides is 1. The number of ether oxygens (including phenoxy) is 1. The molecule has 1 fully saturated rings. The molecule has 0 aliphatic carbocycles. The third-order valence-corrected chi connectivity index (χ3v) is 4.76. The number of rotatable bonds is 6. The Morgan fingerprint density at radius 3 is 2.43 bits per heavy atom. The lowest BCUT2D eigenvalue weighted by molar-refractivity contribution is -0.144. The molecule has 5 heteroatoms. The van der Waals surface area contributed by atoms with Crippen molar-refractivity contribution in [3.63, 3.8) is 0 Å². The van der Waals surface area contributed by atoms with Crippen molar-refractivity contribution in [3.05, 3.63) is 35.9 Å². The highest BCUT2D eigenvalue weighted by molar-refractivity contribution is 5.85. The molecule has 4 atom stereocenters. The molecule has 0 radical (unpaired) electrons. The van der Waals surface area contributed by atoms with Crippen molar-refractivity contribution in [1.82, 2.24) is 5.32 Å². The summed E-state index contributed by atoms with van der Waals surface area (Å²) in [5, 5.41) is 12.6. The Hall–Kier alpha value is -1.88. The molecule has 1 aliphatic rings. The molecule has 126 valence electrons. The van der Waals surface area contributed by atoms with Gasteiger partial charge in [0, 0.05) is 6.54 Å². The van der Waals surface area contributed by atoms with Gasteiger partial charge >= 0.3 is 5.97 Å². The monoisotopic (exact) mass is 319 g/mol. The van der Waals surface area contributed by atoms with Crippen LogP contribution in [0, 0.1) is 5.92 Å². The molecule has 0 aromatic heterocycles. The first kappa shape index (κ1) is 17.5. The predicted molar refractivity (Wildman–Crippen MR) is 87.2 cm³/mol. The fourth-order valence-corrected chi connectivity index (χ4v) is 3.28. The fourth-order valence-electron chi connectivity index (χ4n) is 3.28. The molecular formula is C18H25NO4. The first-order chi connectivity index (χ1) is 10.9. The largest absolute Gasteiger partial charge is 0.481 e. The standard InChI is InChI=1S/C18H25NO4/c1-4-18(17(21)22,14-8-6-5-7-9-14)11-19-16(20)15-12(2)10-13(3)23-15/h5-9,12-13,15H,4,10-11H2,1-3H3,(H,19,20)(H,21,22). The molecule has 5 nitrogen and oxygen atoms in total. The first-order valence-corrected chi connectivity index (χ1v) is 8.12. The van der Waals surface area contributed by atoms with Crippen LogP contribution < -0.4 is 5.32 Å². The summed E-state index contributed by atoms with van der Waals surface area (Å²) in [6, 6.07) is 9.06. The molecule has 23 heavy (non-hydrogen) atoms. The highest BCUT2D eigenvalue weighted by Gasteiger charge is 2.41. The van der Waals surface area contributed by atoms with Crippen molar-refractivity contribution in [2.75, 3.05) is 6.54 Å². The van der Waals surface area contributed by atoms with E-state index in [4.69, 9.17) is 4.74 Å². The molecule has 4 unspecified atom stereocenters. The van der Waals surface area contributed by atoms with Crippen LogP contribution in [0.5, 0.6) is 0 Å². The molecule has 0 bridgehead atoms. The third kappa shape index (κ3) is 3.55. The smallest absolute Gasteiger partial charge is 0.315 e. The molecule has 2 rings (SSSR count). The summed E-state index contributed by atoms with van der Waals surface area (Å²) in [5.41, 5.74) is -0.422. The number of carbonyl (C=O) groups excluding carboxylic acids is 1. The minimum Gasteiger partial charge on any atom is -0.481 e. The number of nitrogens with one attached hydrogen (secondary N) is 1. The summed E-state index contributed by atoms with van der Waals surface area (Å²) in [5.74, 6) is -1.01. The Balaban J connectivity index is 2.13. The van der Waals surface area contributed by atoms with Crippen molar-refractivity contribution in [2.24, 2.45) is 5.92 Å². The average Bonchev–Trinajstić information content (AvgIpc) is 2.87. The van der Waals surface area contributed by atoms with Crippen LogP contribution in [0.1, 0.15) is 39.2 Å². The topological polar surface area (TPSA) is 75.6 Å². The van der Waals surface area contributed by atoms with Gasteiger partial charge in [0.25, 0.3) is 0 Å². The molecular weight excluding hydrogens is 294 g/mol. The summed E-state index contributed by atoms with van der Waals surface area (Å²) in [6.07, 6.45) is 0.799. The summed E-state index contributed by atoms with van der Waals surface area (Å²) in [4.78, 5) is 24.3. The van der Waals surface area contributed by atoms with Crippen LogP contribution in [0.25, 0.3) is 0 Å². The number of benzene rings is 1. The normalized spacial score (nSPS) is 26.5. The predicted octanol–water partition coefficient (Wildman–Crippen LogP) is 2.35. The van der Waals surface area contributed by atoms with Crippen LogP contribution in [-0.4, -0.2) is 35.7 Å². The summed E-state index contributed by atoms with van der Waals surface area (Å²) in [7, 11) is 0. The summed E-state index contributed by atoms with van der Waals surface area (Å²) < 4.78 is 5.64. The molecule has 0 saturated carbocycles. The maximum Gasteiger partial charge on any atom is 0.315 e. The fraction of sp³-hybridized carbons (Fsp3) is 0.556. The Labute approximate surface area is 137 Å². The molecule has 1 aromatic rings. The maximum absolute atomic E-state index is 12.4. The summed E-state index contributed by atoms with van der Waals surface area (Å²) >= 11 is 0. The molecule has 1 saturated heterocycles. The van der Waals surface area contributed by atoms with Crippen molar-refractivity contribution in [2.45, 2.75) is 51.2 Å². The van der Waals surface area contributed by atoms with Crippen LogP contribution in [0.2, 0.25) is 0 Å². The zero-order valence-electron chi connectivity index (χ0n) is 13.9. The first-order valence-electron chi connectivity index (χ1n) is 8.12. The zero-order valence-corrected chi connectivity index (χ0v) is 13.9. The van der Waals surface area contributed by atoms with E-state index < -0.39 is 17.5 Å². The van der Waals surface area contributed by atoms with Gasteiger partial charge in [0.15, 0.2) is 0 Å². The van der Waals surface area contributed by atoms with Gasteiger partial charge in [-0.15, -0.1) is 0 Å². The van der Waals surface area contributed by atoms with E-state index in [9.17, 15) is 14.7 Å². The lowest BCUT2D eigenvalue weighted by Gasteiger charge is -2.29. The number of carboxylic acid groups (broad SMARTS) is 1. The van der Waals surface area contributed by atoms with E-state index in [1.165, 1.54) is 0 Å². The minimum absolute atomic E-state index is 0.0582. The van der Waals surface area contributed by atoms with Crippen LogP contribution in [0.4, 0.5) is 0 Å². The quantitative estimate of drug-likeness (QED) is 0.844. The number of hydrogen-bond donors (Lipinski definition) is 2. The average molecular weight is 319 g/mol. The molecule has 0 spiro atoms. The van der Waals surface area contributed by atoms with E-state index in [1.807, 2.05) is 39.0 Å². The van der Waals surface area contributed by atoms with Gasteiger partial charge < -0.3 is 15.2 Å². The van der Waals surface area contributed by atoms with Crippen LogP contribution >= 0.6 is 0 Å². The highest BCUT2D eigenvalue weighted by atomic mass is 16.5. The molecule has 1 heterocycles. The molecule has 2 N–H and O–H groups in total. The van der Waals surface area contributed by atoms with E-state index >= 15 is 0 Å². The second-order valence-electron chi connectivity index (χ2n) is 6.40. The van der Waals surface area contributed by atoms with Gasteiger partial charge in [0.1, 0.15) is 11.5 Å². The van der Waals surface area contributed by atoms with E-state index in [0.29, 0.717) is 12.0 Å². The lowest BCUT2D eigenvalue weighted by Crippen LogP contribution is -2.49. The van der Waals surface area contributed by atoms with Gasteiger partial charge in [-0.2, -0.15) is 0 Å². The SMILES string of the molecule is CCC(CNC(=O)C1OC(C)CC1C)(C(=O)O)c1ccccc1. The number of hydrogen-bond acceptors (Lipinski definition) is 3. The van der Waals surface area contributed by atoms with E-state index in [2.05, 4.69) is 5.32 Å². The Morgan fingerprint density at radius 2 is 1.96 bits per heavy atom. The zero-order chi connectivity index (χ0) is 17.0. The van der Waals surface area contributed by atoms with E-state index in [-0.39, 0.29) is 24.5 Å². The number of carboxylic acids is 1. The third-order valence-electron chi connectivity index (χ3n) is 4.76. The van der Waals surface area contributed by atoms with Gasteiger partial charge in [-0.05, 0) is 31.2 Å². The molecule has 1 aromatic carbocycles. The van der Waals surface area contributed by atoms with Crippen LogP contribution in [0.15, 0.2) is 30.3 Å². The number of aliphatic carboxylic acids is 1. The summed E-state index contributed by atoms with van der Waals surface area (Å²) in [6.45, 7) is 5.81. The molecule has 1 aliphatic heterocycles. The number of carbonyl (C=O) groups is 2. The Bertz CT molecular complexity index is 559. The lowest BCUT2D eigenvalue weighted by atomic mass is 9.78. The van der Waals surface area contributed by atoms with Crippen molar-refractivity contribution in [1.29, 1.82) is 0 Å². The molecule has 1 amide bonds. The van der Waals surface area contributed by atoms with Crippen molar-refractivity contribution >= 4 is 11.9 Å². The Kier molecular flexibility index (Phi) is 5.42. The van der Waals surface area contributed by atoms with Gasteiger partial charge in [0.05, 0.1) is 6.10 Å². The van der Waals surface area contributed by atoms with Gasteiger partial charge in [-0.1, -0.05) is 44.2 Å². The van der Waals surface area contributed by atoms with Gasteiger partial charge in [-0.25, -0.2) is 0 Å². The van der Waals surface area contributed by atoms with Gasteiger partial charge in [-0.3, -0.25) is 9.59 Å². The van der Waals surface area contributed by atoms with Crippen molar-refractivity contribution < 1.29 is 19.4 Å².